The summed E-state index contributed by atoms with van der Waals surface area (Å²) >= 11 is 0. The number of methoxy groups -OCH3 is 1. The average Bonchev–Trinajstić information content (AvgIpc) is 3.53. The van der Waals surface area contributed by atoms with E-state index in [0.29, 0.717) is 23.0 Å². The first-order chi connectivity index (χ1) is 16.8. The van der Waals surface area contributed by atoms with Crippen LogP contribution in [0.2, 0.25) is 0 Å². The van der Waals surface area contributed by atoms with Crippen LogP contribution in [-0.4, -0.2) is 53.2 Å². The van der Waals surface area contributed by atoms with E-state index >= 15 is 0 Å². The highest BCUT2D eigenvalue weighted by atomic mass is 19.4. The molecule has 3 aromatic rings. The van der Waals surface area contributed by atoms with Gasteiger partial charge in [-0.1, -0.05) is 0 Å². The average molecular weight is 483 g/mol. The molecule has 1 saturated heterocycles. The summed E-state index contributed by atoms with van der Waals surface area (Å²) in [5.41, 5.74) is 0.413. The Kier molecular flexibility index (Phi) is 5.74. The lowest BCUT2D eigenvalue weighted by atomic mass is 10.0. The zero-order valence-corrected chi connectivity index (χ0v) is 19.1. The molecule has 2 aliphatic heterocycles. The van der Waals surface area contributed by atoms with Gasteiger partial charge in [-0.25, -0.2) is 4.68 Å². The predicted molar refractivity (Wildman–Crippen MR) is 125 cm³/mol. The summed E-state index contributed by atoms with van der Waals surface area (Å²) in [4.78, 5) is 17.0. The lowest BCUT2D eigenvalue weighted by molar-refractivity contribution is -0.141. The molecule has 0 atom stereocenters. The number of hydrogen-bond acceptors (Lipinski definition) is 4. The molecule has 0 bridgehead atoms. The number of aromatic nitrogens is 2. The minimum atomic E-state index is -4.68. The molecular weight excluding hydrogens is 459 g/mol. The van der Waals surface area contributed by atoms with Crippen LogP contribution >= 0.6 is 0 Å². The van der Waals surface area contributed by atoms with Gasteiger partial charge in [0, 0.05) is 36.4 Å². The van der Waals surface area contributed by atoms with Crippen molar-refractivity contribution < 1.29 is 22.7 Å². The number of anilines is 1. The van der Waals surface area contributed by atoms with Crippen LogP contribution in [0.3, 0.4) is 0 Å². The van der Waals surface area contributed by atoms with E-state index in [4.69, 9.17) is 10.1 Å². The number of carbonyl (C=O) groups is 1. The van der Waals surface area contributed by atoms with Gasteiger partial charge in [0.05, 0.1) is 12.8 Å². The molecule has 7 nitrogen and oxygen atoms in total. The molecule has 0 aliphatic carbocycles. The van der Waals surface area contributed by atoms with Crippen molar-refractivity contribution in [1.82, 2.24) is 14.7 Å². The van der Waals surface area contributed by atoms with Crippen LogP contribution < -0.4 is 9.64 Å². The van der Waals surface area contributed by atoms with Crippen molar-refractivity contribution >= 4 is 17.4 Å². The third-order valence-corrected chi connectivity index (χ3v) is 6.48. The Morgan fingerprint density at radius 3 is 2.20 bits per heavy atom. The number of alkyl halides is 3. The topological polar surface area (TPSA) is 74.5 Å². The number of nitrogens with one attached hydrogen (secondary N) is 1. The standard InChI is InChI=1S/C25H24F3N5O2/c1-35-19-10-8-18(9-11-19)33-21-20(22(30-33)25(26,27)28)12-15-32(24(21)34)17-6-4-16(5-7-17)23(29)31-13-2-3-14-31/h4-11,29H,2-3,12-15H2,1H3. The van der Waals surface area contributed by atoms with Crippen molar-refractivity contribution in [3.8, 4) is 11.4 Å². The Bertz CT molecular complexity index is 1260. The molecule has 0 radical (unpaired) electrons. The molecule has 3 heterocycles. The lowest BCUT2D eigenvalue weighted by Gasteiger charge is -2.28. The van der Waals surface area contributed by atoms with Gasteiger partial charge in [0.25, 0.3) is 5.91 Å². The van der Waals surface area contributed by atoms with E-state index < -0.39 is 17.8 Å². The number of nitrogens with zero attached hydrogens (tertiary/aromatic N) is 4. The third-order valence-electron chi connectivity index (χ3n) is 6.48. The van der Waals surface area contributed by atoms with Crippen molar-refractivity contribution in [3.63, 3.8) is 0 Å². The van der Waals surface area contributed by atoms with Crippen molar-refractivity contribution in [1.29, 1.82) is 5.41 Å². The molecule has 2 aromatic carbocycles. The second kappa shape index (κ2) is 8.75. The minimum absolute atomic E-state index is 0.0252. The van der Waals surface area contributed by atoms with Crippen LogP contribution in [0.1, 0.15) is 40.2 Å². The monoisotopic (exact) mass is 483 g/mol. The van der Waals surface area contributed by atoms with E-state index in [1.807, 2.05) is 4.90 Å². The van der Waals surface area contributed by atoms with Crippen LogP contribution in [0.25, 0.3) is 5.69 Å². The highest BCUT2D eigenvalue weighted by Gasteiger charge is 2.43. The number of hydrogen-bond donors (Lipinski definition) is 1. The predicted octanol–water partition coefficient (Wildman–Crippen LogP) is 4.52. The summed E-state index contributed by atoms with van der Waals surface area (Å²) < 4.78 is 47.5. The molecule has 0 unspecified atom stereocenters. The maximum atomic E-state index is 13.8. The number of ether oxygens (including phenoxy) is 1. The number of benzene rings is 2. The third kappa shape index (κ3) is 4.13. The van der Waals surface area contributed by atoms with E-state index in [0.717, 1.165) is 36.2 Å². The van der Waals surface area contributed by atoms with Crippen LogP contribution in [0.4, 0.5) is 18.9 Å². The van der Waals surface area contributed by atoms with Gasteiger partial charge in [-0.2, -0.15) is 18.3 Å². The summed E-state index contributed by atoms with van der Waals surface area (Å²) in [6.45, 7) is 1.81. The second-order valence-corrected chi connectivity index (χ2v) is 8.58. The summed E-state index contributed by atoms with van der Waals surface area (Å²) in [5.74, 6) is 0.430. The van der Waals surface area contributed by atoms with Crippen molar-refractivity contribution in [2.45, 2.75) is 25.4 Å². The number of amidine groups is 1. The van der Waals surface area contributed by atoms with Crippen molar-refractivity contribution in [2.24, 2.45) is 0 Å². The quantitative estimate of drug-likeness (QED) is 0.437. The van der Waals surface area contributed by atoms with Gasteiger partial charge in [-0.05, 0) is 67.8 Å². The first-order valence-corrected chi connectivity index (χ1v) is 11.4. The number of rotatable bonds is 4. The van der Waals surface area contributed by atoms with E-state index in [9.17, 15) is 18.0 Å². The van der Waals surface area contributed by atoms with Gasteiger partial charge in [-0.3, -0.25) is 10.2 Å². The van der Waals surface area contributed by atoms with Crippen LogP contribution in [-0.2, 0) is 12.6 Å². The number of amides is 1. The van der Waals surface area contributed by atoms with Gasteiger partial charge in [0.15, 0.2) is 5.69 Å². The highest BCUT2D eigenvalue weighted by Crippen LogP contribution is 2.37. The Labute approximate surface area is 200 Å². The molecule has 182 valence electrons. The number of halogens is 3. The van der Waals surface area contributed by atoms with E-state index in [1.165, 1.54) is 12.0 Å². The van der Waals surface area contributed by atoms with Crippen LogP contribution in [0, 0.1) is 5.41 Å². The summed E-state index contributed by atoms with van der Waals surface area (Å²) in [7, 11) is 1.49. The van der Waals surface area contributed by atoms with Crippen molar-refractivity contribution in [3.05, 3.63) is 71.0 Å². The minimum Gasteiger partial charge on any atom is -0.497 e. The SMILES string of the molecule is COc1ccc(-n2nc(C(F)(F)F)c3c2C(=O)N(c2ccc(C(=N)N4CCCC4)cc2)CC3)cc1. The summed E-state index contributed by atoms with van der Waals surface area (Å²) in [5, 5.41) is 12.2. The number of carbonyl (C=O) groups excluding carboxylic acids is 1. The fourth-order valence-electron chi connectivity index (χ4n) is 4.67. The maximum absolute atomic E-state index is 13.8. The Hall–Kier alpha value is -3.82. The summed E-state index contributed by atoms with van der Waals surface area (Å²) in [6, 6.07) is 13.4. The Morgan fingerprint density at radius 2 is 1.60 bits per heavy atom. The molecule has 10 heteroatoms. The molecule has 1 amide bonds. The molecule has 0 saturated carbocycles. The van der Waals surface area contributed by atoms with Gasteiger partial charge >= 0.3 is 6.18 Å². The zero-order chi connectivity index (χ0) is 24.7. The molecule has 35 heavy (non-hydrogen) atoms. The molecule has 1 N–H and O–H groups in total. The Balaban J connectivity index is 1.49. The van der Waals surface area contributed by atoms with E-state index in [1.54, 1.807) is 48.5 Å². The van der Waals surface area contributed by atoms with Gasteiger partial charge in [-0.15, -0.1) is 0 Å². The van der Waals surface area contributed by atoms with Crippen LogP contribution in [0.15, 0.2) is 48.5 Å². The smallest absolute Gasteiger partial charge is 0.435 e. The fourth-order valence-corrected chi connectivity index (χ4v) is 4.67. The fraction of sp³-hybridized carbons (Fsp3) is 0.320. The molecule has 1 aromatic heterocycles. The van der Waals surface area contributed by atoms with Gasteiger partial charge in [0.2, 0.25) is 0 Å². The largest absolute Gasteiger partial charge is 0.497 e. The molecule has 5 rings (SSSR count). The molecule has 0 spiro atoms. The normalized spacial score (nSPS) is 15.9. The molecular formula is C25H24F3N5O2. The lowest BCUT2D eigenvalue weighted by Crippen LogP contribution is -2.39. The first kappa shape index (κ1) is 22.9. The number of fused-ring (bicyclic) bond motifs is 1. The number of likely N-dealkylation sites (tertiary alicyclic amines) is 1. The molecule has 2 aliphatic rings. The second-order valence-electron chi connectivity index (χ2n) is 8.58. The van der Waals surface area contributed by atoms with E-state index in [-0.39, 0.29) is 24.2 Å². The maximum Gasteiger partial charge on any atom is 0.435 e. The van der Waals surface area contributed by atoms with E-state index in [2.05, 4.69) is 5.10 Å². The van der Waals surface area contributed by atoms with Crippen molar-refractivity contribution in [2.75, 3.05) is 31.6 Å². The Morgan fingerprint density at radius 1 is 0.971 bits per heavy atom. The zero-order valence-electron chi connectivity index (χ0n) is 19.1. The van der Waals surface area contributed by atoms with Gasteiger partial charge < -0.3 is 14.5 Å². The van der Waals surface area contributed by atoms with Gasteiger partial charge in [0.1, 0.15) is 17.3 Å². The first-order valence-electron chi connectivity index (χ1n) is 11.4. The highest BCUT2D eigenvalue weighted by molar-refractivity contribution is 6.08. The summed E-state index contributed by atoms with van der Waals surface area (Å²) in [6.07, 6.45) is -2.53. The molecule has 1 fully saturated rings. The van der Waals surface area contributed by atoms with Crippen LogP contribution in [0.5, 0.6) is 5.75 Å².